The lowest BCUT2D eigenvalue weighted by atomic mass is 10.2. The lowest BCUT2D eigenvalue weighted by Gasteiger charge is -2.21. The van der Waals surface area contributed by atoms with Gasteiger partial charge in [0.1, 0.15) is 6.04 Å². The number of nitrogens with zero attached hydrogens (tertiary/aromatic N) is 3. The molecule has 0 spiro atoms. The van der Waals surface area contributed by atoms with Crippen molar-refractivity contribution in [3.05, 3.63) is 35.2 Å². The Kier molecular flexibility index (Phi) is 3.37. The van der Waals surface area contributed by atoms with Gasteiger partial charge in [-0.3, -0.25) is 4.79 Å². The van der Waals surface area contributed by atoms with E-state index in [0.717, 1.165) is 37.8 Å². The molecule has 0 radical (unpaired) electrons. The predicted molar refractivity (Wildman–Crippen MR) is 81.2 cm³/mol. The third kappa shape index (κ3) is 2.50. The van der Waals surface area contributed by atoms with Crippen LogP contribution in [0, 0.1) is 5.92 Å². The first-order valence-electron chi connectivity index (χ1n) is 7.62. The van der Waals surface area contributed by atoms with Gasteiger partial charge in [-0.2, -0.15) is 4.98 Å². The maximum atomic E-state index is 12.3. The average molecular weight is 318 g/mol. The molecule has 1 saturated heterocycles. The zero-order valence-corrected chi connectivity index (χ0v) is 12.8. The number of benzene rings is 1. The van der Waals surface area contributed by atoms with E-state index in [1.54, 1.807) is 12.1 Å². The van der Waals surface area contributed by atoms with Crippen LogP contribution in [0.5, 0.6) is 0 Å². The summed E-state index contributed by atoms with van der Waals surface area (Å²) >= 11 is 6.00. The number of likely N-dealkylation sites (tertiary alicyclic amines) is 1. The number of carbonyl (C=O) groups is 1. The van der Waals surface area contributed by atoms with Crippen LogP contribution >= 0.6 is 11.6 Å². The van der Waals surface area contributed by atoms with Gasteiger partial charge in [0.05, 0.1) is 0 Å². The summed E-state index contributed by atoms with van der Waals surface area (Å²) in [6.07, 6.45) is 3.90. The number of halogens is 1. The number of rotatable bonds is 3. The largest absolute Gasteiger partial charge is 0.337 e. The molecule has 1 aliphatic carbocycles. The van der Waals surface area contributed by atoms with E-state index >= 15 is 0 Å². The van der Waals surface area contributed by atoms with Crippen LogP contribution in [0.25, 0.3) is 11.4 Å². The maximum Gasteiger partial charge on any atom is 0.249 e. The second-order valence-corrected chi connectivity index (χ2v) is 6.37. The second kappa shape index (κ2) is 5.39. The number of hydrogen-bond donors (Lipinski definition) is 0. The lowest BCUT2D eigenvalue weighted by Crippen LogP contribution is -2.31. The molecular weight excluding hydrogens is 302 g/mol. The third-order valence-corrected chi connectivity index (χ3v) is 4.51. The molecule has 2 heterocycles. The topological polar surface area (TPSA) is 59.2 Å². The van der Waals surface area contributed by atoms with E-state index < -0.39 is 0 Å². The van der Waals surface area contributed by atoms with Crippen molar-refractivity contribution < 1.29 is 9.32 Å². The minimum Gasteiger partial charge on any atom is -0.337 e. The van der Waals surface area contributed by atoms with Gasteiger partial charge in [-0.05, 0) is 37.8 Å². The van der Waals surface area contributed by atoms with E-state index in [9.17, 15) is 4.79 Å². The Balaban J connectivity index is 1.59. The van der Waals surface area contributed by atoms with Crippen molar-refractivity contribution in [1.82, 2.24) is 15.0 Å². The first kappa shape index (κ1) is 13.8. The predicted octanol–water partition coefficient (Wildman–Crippen LogP) is 3.46. The quantitative estimate of drug-likeness (QED) is 0.869. The SMILES string of the molecule is O=C(C1CC1)N1CCC[C@H]1c1nc(-c2cccc(Cl)c2)no1. The zero-order valence-electron chi connectivity index (χ0n) is 12.0. The first-order chi connectivity index (χ1) is 10.7. The molecule has 5 nitrogen and oxygen atoms in total. The normalized spacial score (nSPS) is 21.3. The molecule has 6 heteroatoms. The Morgan fingerprint density at radius 1 is 1.32 bits per heavy atom. The van der Waals surface area contributed by atoms with E-state index in [4.69, 9.17) is 16.1 Å². The van der Waals surface area contributed by atoms with Crippen LogP contribution in [0.15, 0.2) is 28.8 Å². The van der Waals surface area contributed by atoms with Gasteiger partial charge >= 0.3 is 0 Å². The molecule has 2 fully saturated rings. The molecule has 1 aromatic carbocycles. The highest BCUT2D eigenvalue weighted by molar-refractivity contribution is 6.30. The molecule has 2 aliphatic rings. The van der Waals surface area contributed by atoms with E-state index in [0.29, 0.717) is 16.7 Å². The van der Waals surface area contributed by atoms with Gasteiger partial charge in [0.15, 0.2) is 0 Å². The Bertz CT molecular complexity index is 711. The summed E-state index contributed by atoms with van der Waals surface area (Å²) in [5, 5.41) is 4.68. The molecule has 0 N–H and O–H groups in total. The zero-order chi connectivity index (χ0) is 15.1. The number of aromatic nitrogens is 2. The fourth-order valence-electron chi connectivity index (χ4n) is 2.97. The molecule has 1 atom stereocenters. The molecule has 22 heavy (non-hydrogen) atoms. The van der Waals surface area contributed by atoms with Crippen LogP contribution < -0.4 is 0 Å². The Morgan fingerprint density at radius 3 is 2.95 bits per heavy atom. The van der Waals surface area contributed by atoms with Gasteiger partial charge in [0.2, 0.25) is 17.6 Å². The van der Waals surface area contributed by atoms with E-state index in [2.05, 4.69) is 10.1 Å². The van der Waals surface area contributed by atoms with Gasteiger partial charge in [-0.25, -0.2) is 0 Å². The molecule has 1 saturated carbocycles. The highest BCUT2D eigenvalue weighted by atomic mass is 35.5. The van der Waals surface area contributed by atoms with Crippen molar-refractivity contribution in [2.75, 3.05) is 6.54 Å². The Morgan fingerprint density at radius 2 is 2.18 bits per heavy atom. The number of amides is 1. The van der Waals surface area contributed by atoms with Gasteiger partial charge in [0.25, 0.3) is 0 Å². The lowest BCUT2D eigenvalue weighted by molar-refractivity contribution is -0.133. The van der Waals surface area contributed by atoms with Crippen molar-refractivity contribution in [2.45, 2.75) is 31.7 Å². The van der Waals surface area contributed by atoms with Crippen LogP contribution in [0.4, 0.5) is 0 Å². The van der Waals surface area contributed by atoms with E-state index in [1.165, 1.54) is 0 Å². The molecule has 2 aromatic rings. The minimum absolute atomic E-state index is 0.0754. The third-order valence-electron chi connectivity index (χ3n) is 4.27. The summed E-state index contributed by atoms with van der Waals surface area (Å²) in [5.74, 6) is 1.51. The molecule has 0 bridgehead atoms. The van der Waals surface area contributed by atoms with Gasteiger partial charge in [-0.1, -0.05) is 28.9 Å². The summed E-state index contributed by atoms with van der Waals surface area (Å²) in [6.45, 7) is 0.787. The van der Waals surface area contributed by atoms with Crippen molar-refractivity contribution in [3.63, 3.8) is 0 Å². The monoisotopic (exact) mass is 317 g/mol. The van der Waals surface area contributed by atoms with Crippen LogP contribution in [0.1, 0.15) is 37.6 Å². The molecule has 1 amide bonds. The van der Waals surface area contributed by atoms with Crippen LogP contribution in [-0.4, -0.2) is 27.5 Å². The van der Waals surface area contributed by atoms with Crippen molar-refractivity contribution in [3.8, 4) is 11.4 Å². The fraction of sp³-hybridized carbons (Fsp3) is 0.438. The van der Waals surface area contributed by atoms with Crippen molar-refractivity contribution in [1.29, 1.82) is 0 Å². The minimum atomic E-state index is -0.0754. The van der Waals surface area contributed by atoms with Crippen LogP contribution in [0.3, 0.4) is 0 Å². The molecule has 1 aromatic heterocycles. The fourth-order valence-corrected chi connectivity index (χ4v) is 3.16. The smallest absolute Gasteiger partial charge is 0.249 e. The van der Waals surface area contributed by atoms with E-state index in [-0.39, 0.29) is 17.9 Å². The highest BCUT2D eigenvalue weighted by Crippen LogP contribution is 2.38. The molecule has 0 unspecified atom stereocenters. The molecular formula is C16H16ClN3O2. The summed E-state index contributed by atoms with van der Waals surface area (Å²) in [7, 11) is 0. The standard InChI is InChI=1S/C16H16ClN3O2/c17-12-4-1-3-11(9-12)14-18-15(22-19-14)13-5-2-8-20(13)16(21)10-6-7-10/h1,3-4,9-10,13H,2,5-8H2/t13-/m0/s1. The van der Waals surface area contributed by atoms with Gasteiger partial charge in [-0.15, -0.1) is 0 Å². The second-order valence-electron chi connectivity index (χ2n) is 5.93. The number of hydrogen-bond acceptors (Lipinski definition) is 4. The van der Waals surface area contributed by atoms with Gasteiger partial charge in [0, 0.05) is 23.0 Å². The summed E-state index contributed by atoms with van der Waals surface area (Å²) in [5.41, 5.74) is 0.820. The maximum absolute atomic E-state index is 12.3. The molecule has 4 rings (SSSR count). The van der Waals surface area contributed by atoms with Crippen LogP contribution in [-0.2, 0) is 4.79 Å². The molecule has 114 valence electrons. The summed E-state index contributed by atoms with van der Waals surface area (Å²) in [4.78, 5) is 18.7. The van der Waals surface area contributed by atoms with Crippen molar-refractivity contribution in [2.24, 2.45) is 5.92 Å². The van der Waals surface area contributed by atoms with Crippen molar-refractivity contribution >= 4 is 17.5 Å². The summed E-state index contributed by atoms with van der Waals surface area (Å²) in [6, 6.07) is 7.28. The Labute approximate surface area is 133 Å². The van der Waals surface area contributed by atoms with Gasteiger partial charge < -0.3 is 9.42 Å². The number of carbonyl (C=O) groups excluding carboxylic acids is 1. The first-order valence-corrected chi connectivity index (χ1v) is 8.00. The highest BCUT2D eigenvalue weighted by Gasteiger charge is 2.40. The van der Waals surface area contributed by atoms with Crippen LogP contribution in [0.2, 0.25) is 5.02 Å². The van der Waals surface area contributed by atoms with E-state index in [1.807, 2.05) is 17.0 Å². The Hall–Kier alpha value is -1.88. The average Bonchev–Trinajstić information content (AvgIpc) is 3.06. The molecule has 1 aliphatic heterocycles. The summed E-state index contributed by atoms with van der Waals surface area (Å²) < 4.78 is 5.43.